The van der Waals surface area contributed by atoms with Gasteiger partial charge in [0.25, 0.3) is 0 Å². The summed E-state index contributed by atoms with van der Waals surface area (Å²) in [5, 5.41) is 0. The largest absolute Gasteiger partial charge is 0.476 e. The SMILES string of the molecule is C=CCN1CCC(COc2nc3cc(F)ccc3n3cccc23)CC1. The van der Waals surface area contributed by atoms with Gasteiger partial charge in [-0.3, -0.25) is 4.90 Å². The van der Waals surface area contributed by atoms with Gasteiger partial charge < -0.3 is 9.14 Å². The van der Waals surface area contributed by atoms with E-state index in [2.05, 4.69) is 16.5 Å². The van der Waals surface area contributed by atoms with Crippen LogP contribution in [0.25, 0.3) is 16.6 Å². The molecule has 3 heterocycles. The highest BCUT2D eigenvalue weighted by molar-refractivity contribution is 5.81. The Bertz CT molecular complexity index is 896. The smallest absolute Gasteiger partial charge is 0.238 e. The number of halogens is 1. The zero-order valence-corrected chi connectivity index (χ0v) is 14.2. The Kier molecular flexibility index (Phi) is 4.40. The molecule has 1 aliphatic heterocycles. The molecule has 4 nitrogen and oxygen atoms in total. The molecule has 0 saturated carbocycles. The Morgan fingerprint density at radius 2 is 2.08 bits per heavy atom. The maximum absolute atomic E-state index is 13.6. The quantitative estimate of drug-likeness (QED) is 0.660. The fourth-order valence-electron chi connectivity index (χ4n) is 3.54. The van der Waals surface area contributed by atoms with Crippen LogP contribution in [0.1, 0.15) is 12.8 Å². The standard InChI is InChI=1S/C20H22FN3O/c1-2-9-23-11-7-15(8-12-23)14-25-20-19-4-3-10-24(19)18-6-5-16(21)13-17(18)22-20/h2-6,10,13,15H,1,7-9,11-12,14H2. The Morgan fingerprint density at radius 3 is 2.88 bits per heavy atom. The van der Waals surface area contributed by atoms with Crippen molar-refractivity contribution in [3.8, 4) is 5.88 Å². The summed E-state index contributed by atoms with van der Waals surface area (Å²) >= 11 is 0. The van der Waals surface area contributed by atoms with Crippen molar-refractivity contribution in [2.24, 2.45) is 5.92 Å². The number of piperidine rings is 1. The average Bonchev–Trinajstić information content (AvgIpc) is 3.11. The molecule has 0 bridgehead atoms. The van der Waals surface area contributed by atoms with Gasteiger partial charge in [0.05, 0.1) is 17.6 Å². The molecule has 0 N–H and O–H groups in total. The van der Waals surface area contributed by atoms with E-state index in [0.717, 1.165) is 43.5 Å². The molecule has 0 atom stereocenters. The van der Waals surface area contributed by atoms with Gasteiger partial charge in [0.15, 0.2) is 0 Å². The van der Waals surface area contributed by atoms with Crippen LogP contribution >= 0.6 is 0 Å². The second-order valence-electron chi connectivity index (χ2n) is 6.66. The zero-order valence-electron chi connectivity index (χ0n) is 14.2. The van der Waals surface area contributed by atoms with Crippen LogP contribution in [0.4, 0.5) is 4.39 Å². The molecule has 25 heavy (non-hydrogen) atoms. The number of hydrogen-bond acceptors (Lipinski definition) is 3. The van der Waals surface area contributed by atoms with E-state index < -0.39 is 0 Å². The number of rotatable bonds is 5. The van der Waals surface area contributed by atoms with Crippen molar-refractivity contribution < 1.29 is 9.13 Å². The minimum absolute atomic E-state index is 0.285. The average molecular weight is 339 g/mol. The zero-order chi connectivity index (χ0) is 17.2. The predicted octanol–water partition coefficient (Wildman–Crippen LogP) is 3.90. The first-order valence-corrected chi connectivity index (χ1v) is 8.77. The normalized spacial score (nSPS) is 16.5. The van der Waals surface area contributed by atoms with Crippen molar-refractivity contribution in [2.45, 2.75) is 12.8 Å². The predicted molar refractivity (Wildman–Crippen MR) is 97.5 cm³/mol. The van der Waals surface area contributed by atoms with Crippen LogP contribution in [0.2, 0.25) is 0 Å². The van der Waals surface area contributed by atoms with Crippen LogP contribution in [0.5, 0.6) is 5.88 Å². The summed E-state index contributed by atoms with van der Waals surface area (Å²) in [6, 6.07) is 8.61. The number of benzene rings is 1. The van der Waals surface area contributed by atoms with Gasteiger partial charge in [0.2, 0.25) is 5.88 Å². The van der Waals surface area contributed by atoms with E-state index >= 15 is 0 Å². The van der Waals surface area contributed by atoms with E-state index in [-0.39, 0.29) is 5.82 Å². The fourth-order valence-corrected chi connectivity index (χ4v) is 3.54. The van der Waals surface area contributed by atoms with Crippen molar-refractivity contribution >= 4 is 16.6 Å². The van der Waals surface area contributed by atoms with E-state index in [4.69, 9.17) is 4.74 Å². The van der Waals surface area contributed by atoms with Crippen molar-refractivity contribution in [1.82, 2.24) is 14.3 Å². The summed E-state index contributed by atoms with van der Waals surface area (Å²) in [5.74, 6) is 0.824. The first kappa shape index (κ1) is 16.1. The molecule has 0 aliphatic carbocycles. The van der Waals surface area contributed by atoms with E-state index in [1.54, 1.807) is 6.07 Å². The highest BCUT2D eigenvalue weighted by atomic mass is 19.1. The molecule has 0 amide bonds. The monoisotopic (exact) mass is 339 g/mol. The number of nitrogens with zero attached hydrogens (tertiary/aromatic N) is 3. The van der Waals surface area contributed by atoms with E-state index in [1.807, 2.05) is 28.8 Å². The molecule has 1 fully saturated rings. The Balaban J connectivity index is 1.53. The minimum atomic E-state index is -0.285. The van der Waals surface area contributed by atoms with Crippen molar-refractivity contribution in [3.63, 3.8) is 0 Å². The number of aromatic nitrogens is 2. The second kappa shape index (κ2) is 6.84. The summed E-state index contributed by atoms with van der Waals surface area (Å²) < 4.78 is 21.6. The molecular weight excluding hydrogens is 317 g/mol. The van der Waals surface area contributed by atoms with Gasteiger partial charge in [0.1, 0.15) is 11.3 Å². The highest BCUT2D eigenvalue weighted by Gasteiger charge is 2.20. The van der Waals surface area contributed by atoms with Crippen LogP contribution in [0.15, 0.2) is 49.2 Å². The van der Waals surface area contributed by atoms with Gasteiger partial charge in [-0.2, -0.15) is 0 Å². The summed E-state index contributed by atoms with van der Waals surface area (Å²) in [5.41, 5.74) is 2.41. The van der Waals surface area contributed by atoms with Crippen LogP contribution in [0.3, 0.4) is 0 Å². The molecule has 0 radical (unpaired) electrons. The number of hydrogen-bond donors (Lipinski definition) is 0. The van der Waals surface area contributed by atoms with Gasteiger partial charge in [0, 0.05) is 18.8 Å². The second-order valence-corrected chi connectivity index (χ2v) is 6.66. The van der Waals surface area contributed by atoms with Crippen LogP contribution < -0.4 is 4.74 Å². The van der Waals surface area contributed by atoms with Crippen molar-refractivity contribution in [1.29, 1.82) is 0 Å². The lowest BCUT2D eigenvalue weighted by molar-refractivity contribution is 0.148. The Morgan fingerprint density at radius 1 is 1.24 bits per heavy atom. The lowest BCUT2D eigenvalue weighted by atomic mass is 9.98. The topological polar surface area (TPSA) is 29.8 Å². The van der Waals surface area contributed by atoms with Crippen molar-refractivity contribution in [2.75, 3.05) is 26.2 Å². The minimum Gasteiger partial charge on any atom is -0.476 e. The fraction of sp³-hybridized carbons (Fsp3) is 0.350. The lowest BCUT2D eigenvalue weighted by Gasteiger charge is -2.30. The molecule has 130 valence electrons. The number of likely N-dealkylation sites (tertiary alicyclic amines) is 1. The molecule has 2 aromatic heterocycles. The van der Waals surface area contributed by atoms with Crippen molar-refractivity contribution in [3.05, 3.63) is 55.0 Å². The molecule has 4 rings (SSSR count). The summed E-state index contributed by atoms with van der Waals surface area (Å²) in [4.78, 5) is 6.97. The van der Waals surface area contributed by atoms with Crippen LogP contribution in [-0.4, -0.2) is 40.5 Å². The molecule has 0 unspecified atom stereocenters. The lowest BCUT2D eigenvalue weighted by Crippen LogP contribution is -2.35. The molecule has 3 aromatic rings. The molecule has 1 aromatic carbocycles. The first-order chi connectivity index (χ1) is 12.2. The Hall–Kier alpha value is -2.40. The molecular formula is C20H22FN3O. The number of fused-ring (bicyclic) bond motifs is 3. The molecule has 1 aliphatic rings. The third kappa shape index (κ3) is 3.24. The third-order valence-corrected chi connectivity index (χ3v) is 4.94. The summed E-state index contributed by atoms with van der Waals surface area (Å²) in [6.07, 6.45) is 6.15. The van der Waals surface area contributed by atoms with Gasteiger partial charge in [-0.25, -0.2) is 9.37 Å². The van der Waals surface area contributed by atoms with E-state index in [9.17, 15) is 4.39 Å². The van der Waals surface area contributed by atoms with E-state index in [1.165, 1.54) is 12.1 Å². The molecule has 5 heteroatoms. The van der Waals surface area contributed by atoms with Gasteiger partial charge in [-0.1, -0.05) is 6.08 Å². The molecule has 0 spiro atoms. The van der Waals surface area contributed by atoms with Gasteiger partial charge >= 0.3 is 0 Å². The Labute approximate surface area is 146 Å². The van der Waals surface area contributed by atoms with E-state index in [0.29, 0.717) is 23.9 Å². The highest BCUT2D eigenvalue weighted by Crippen LogP contribution is 2.26. The number of ether oxygens (including phenoxy) is 1. The third-order valence-electron chi connectivity index (χ3n) is 4.94. The first-order valence-electron chi connectivity index (χ1n) is 8.77. The van der Waals surface area contributed by atoms with Crippen LogP contribution in [0, 0.1) is 11.7 Å². The summed E-state index contributed by atoms with van der Waals surface area (Å²) in [7, 11) is 0. The van der Waals surface area contributed by atoms with Gasteiger partial charge in [-0.15, -0.1) is 6.58 Å². The van der Waals surface area contributed by atoms with Crippen LogP contribution in [-0.2, 0) is 0 Å². The maximum Gasteiger partial charge on any atom is 0.238 e. The maximum atomic E-state index is 13.6. The van der Waals surface area contributed by atoms with Gasteiger partial charge in [-0.05, 0) is 56.1 Å². The molecule has 1 saturated heterocycles. The summed E-state index contributed by atoms with van der Waals surface area (Å²) in [6.45, 7) is 7.57.